The SMILES string of the molecule is COc1cccc2c1C1C=CC2N1C(C)C.Cl. The van der Waals surface area contributed by atoms with Crippen molar-refractivity contribution in [1.29, 1.82) is 0 Å². The summed E-state index contributed by atoms with van der Waals surface area (Å²) >= 11 is 0. The van der Waals surface area contributed by atoms with Crippen LogP contribution in [0.4, 0.5) is 0 Å². The Bertz CT molecular complexity index is 456. The fourth-order valence-electron chi connectivity index (χ4n) is 3.05. The maximum absolute atomic E-state index is 5.48. The molecular weight excluding hydrogens is 234 g/mol. The number of nitrogens with zero attached hydrogens (tertiary/aromatic N) is 1. The highest BCUT2D eigenvalue weighted by atomic mass is 35.5. The van der Waals surface area contributed by atoms with E-state index in [9.17, 15) is 0 Å². The van der Waals surface area contributed by atoms with Gasteiger partial charge in [0.1, 0.15) is 5.75 Å². The van der Waals surface area contributed by atoms with Crippen LogP contribution in [0.25, 0.3) is 0 Å². The van der Waals surface area contributed by atoms with Crippen LogP contribution in [0.2, 0.25) is 0 Å². The molecule has 0 radical (unpaired) electrons. The van der Waals surface area contributed by atoms with E-state index >= 15 is 0 Å². The van der Waals surface area contributed by atoms with Crippen molar-refractivity contribution in [2.45, 2.75) is 32.0 Å². The molecule has 0 saturated carbocycles. The Labute approximate surface area is 109 Å². The van der Waals surface area contributed by atoms with Crippen LogP contribution in [-0.2, 0) is 0 Å². The van der Waals surface area contributed by atoms with Gasteiger partial charge in [-0.3, -0.25) is 4.90 Å². The summed E-state index contributed by atoms with van der Waals surface area (Å²) in [6, 6.07) is 7.80. The first-order valence-electron chi connectivity index (χ1n) is 5.86. The van der Waals surface area contributed by atoms with Crippen molar-refractivity contribution < 1.29 is 4.74 Å². The molecule has 3 rings (SSSR count). The third-order valence-corrected chi connectivity index (χ3v) is 3.65. The summed E-state index contributed by atoms with van der Waals surface area (Å²) in [6.07, 6.45) is 4.61. The van der Waals surface area contributed by atoms with Gasteiger partial charge in [-0.1, -0.05) is 24.3 Å². The van der Waals surface area contributed by atoms with Crippen molar-refractivity contribution in [3.63, 3.8) is 0 Å². The minimum Gasteiger partial charge on any atom is -0.496 e. The minimum absolute atomic E-state index is 0. The molecule has 0 amide bonds. The fraction of sp³-hybridized carbons (Fsp3) is 0.429. The van der Waals surface area contributed by atoms with E-state index in [1.807, 2.05) is 0 Å². The van der Waals surface area contributed by atoms with Crippen molar-refractivity contribution >= 4 is 12.4 Å². The zero-order chi connectivity index (χ0) is 11.3. The van der Waals surface area contributed by atoms with Gasteiger partial charge < -0.3 is 4.74 Å². The Morgan fingerprint density at radius 1 is 1.18 bits per heavy atom. The molecule has 2 unspecified atom stereocenters. The second-order valence-corrected chi connectivity index (χ2v) is 4.78. The van der Waals surface area contributed by atoms with E-state index in [1.54, 1.807) is 7.11 Å². The first-order chi connectivity index (χ1) is 7.74. The summed E-state index contributed by atoms with van der Waals surface area (Å²) in [5, 5.41) is 0. The molecule has 0 aromatic heterocycles. The van der Waals surface area contributed by atoms with Crippen LogP contribution in [0.5, 0.6) is 5.75 Å². The summed E-state index contributed by atoms with van der Waals surface area (Å²) in [6.45, 7) is 4.51. The predicted octanol–water partition coefficient (Wildman–Crippen LogP) is 3.49. The van der Waals surface area contributed by atoms with Gasteiger partial charge in [0.2, 0.25) is 0 Å². The second kappa shape index (κ2) is 4.35. The molecule has 2 atom stereocenters. The number of hydrogen-bond acceptors (Lipinski definition) is 2. The molecule has 0 saturated heterocycles. The van der Waals surface area contributed by atoms with Crippen molar-refractivity contribution in [3.05, 3.63) is 41.5 Å². The van der Waals surface area contributed by atoms with E-state index in [4.69, 9.17) is 4.74 Å². The zero-order valence-electron chi connectivity index (χ0n) is 10.4. The lowest BCUT2D eigenvalue weighted by Crippen LogP contribution is -2.28. The van der Waals surface area contributed by atoms with E-state index in [0.29, 0.717) is 18.1 Å². The Balaban J connectivity index is 0.00000108. The summed E-state index contributed by atoms with van der Waals surface area (Å²) in [4.78, 5) is 2.53. The highest BCUT2D eigenvalue weighted by Gasteiger charge is 2.42. The van der Waals surface area contributed by atoms with Crippen LogP contribution < -0.4 is 4.74 Å². The van der Waals surface area contributed by atoms with Crippen molar-refractivity contribution in [1.82, 2.24) is 4.90 Å². The van der Waals surface area contributed by atoms with Gasteiger partial charge in [-0.25, -0.2) is 0 Å². The maximum Gasteiger partial charge on any atom is 0.124 e. The topological polar surface area (TPSA) is 12.5 Å². The van der Waals surface area contributed by atoms with Crippen LogP contribution in [0.1, 0.15) is 37.1 Å². The lowest BCUT2D eigenvalue weighted by Gasteiger charge is -2.26. The van der Waals surface area contributed by atoms with E-state index in [-0.39, 0.29) is 12.4 Å². The number of methoxy groups -OCH3 is 1. The average molecular weight is 252 g/mol. The second-order valence-electron chi connectivity index (χ2n) is 4.78. The third kappa shape index (κ3) is 1.59. The molecule has 2 bridgehead atoms. The van der Waals surface area contributed by atoms with Gasteiger partial charge in [0.05, 0.1) is 19.2 Å². The van der Waals surface area contributed by atoms with Gasteiger partial charge in [-0.2, -0.15) is 0 Å². The van der Waals surface area contributed by atoms with E-state index in [2.05, 4.69) is 49.1 Å². The Kier molecular flexibility index (Phi) is 3.19. The Hall–Kier alpha value is -0.990. The highest BCUT2D eigenvalue weighted by molar-refractivity contribution is 5.85. The van der Waals surface area contributed by atoms with Gasteiger partial charge >= 0.3 is 0 Å². The predicted molar refractivity (Wildman–Crippen MR) is 71.8 cm³/mol. The van der Waals surface area contributed by atoms with Gasteiger partial charge in [0.25, 0.3) is 0 Å². The lowest BCUT2D eigenvalue weighted by atomic mass is 9.96. The summed E-state index contributed by atoms with van der Waals surface area (Å²) in [7, 11) is 1.75. The molecule has 2 aliphatic heterocycles. The molecule has 0 fully saturated rings. The summed E-state index contributed by atoms with van der Waals surface area (Å²) < 4.78 is 5.48. The Morgan fingerprint density at radius 2 is 1.88 bits per heavy atom. The molecule has 2 aliphatic rings. The molecule has 92 valence electrons. The van der Waals surface area contributed by atoms with Crippen LogP contribution >= 0.6 is 12.4 Å². The van der Waals surface area contributed by atoms with E-state index in [1.165, 1.54) is 11.1 Å². The highest BCUT2D eigenvalue weighted by Crippen LogP contribution is 2.52. The summed E-state index contributed by atoms with van der Waals surface area (Å²) in [5.41, 5.74) is 2.78. The number of benzene rings is 1. The zero-order valence-corrected chi connectivity index (χ0v) is 11.2. The van der Waals surface area contributed by atoms with Crippen LogP contribution in [-0.4, -0.2) is 18.1 Å². The number of ether oxygens (including phenoxy) is 1. The van der Waals surface area contributed by atoms with Gasteiger partial charge in [0.15, 0.2) is 0 Å². The molecule has 17 heavy (non-hydrogen) atoms. The molecule has 3 heteroatoms. The van der Waals surface area contributed by atoms with Gasteiger partial charge in [-0.15, -0.1) is 12.4 Å². The van der Waals surface area contributed by atoms with Crippen molar-refractivity contribution in [2.75, 3.05) is 7.11 Å². The molecule has 1 aromatic rings. The smallest absolute Gasteiger partial charge is 0.124 e. The standard InChI is InChI=1S/C14H17NO.ClH/c1-9(2)15-11-7-8-12(15)14-10(11)5-4-6-13(14)16-3;/h4-9,11-12H,1-3H3;1H. The first-order valence-corrected chi connectivity index (χ1v) is 5.86. The molecule has 0 spiro atoms. The lowest BCUT2D eigenvalue weighted by molar-refractivity contribution is 0.187. The van der Waals surface area contributed by atoms with Crippen molar-refractivity contribution in [3.8, 4) is 5.75 Å². The molecular formula is C14H18ClNO. The number of rotatable bonds is 2. The van der Waals surface area contributed by atoms with E-state index in [0.717, 1.165) is 5.75 Å². The normalized spacial score (nSPS) is 24.9. The summed E-state index contributed by atoms with van der Waals surface area (Å²) in [5.74, 6) is 1.03. The fourth-order valence-corrected chi connectivity index (χ4v) is 3.05. The molecule has 0 aliphatic carbocycles. The van der Waals surface area contributed by atoms with Crippen LogP contribution in [0, 0.1) is 0 Å². The van der Waals surface area contributed by atoms with Crippen molar-refractivity contribution in [2.24, 2.45) is 0 Å². The molecule has 2 nitrogen and oxygen atoms in total. The Morgan fingerprint density at radius 3 is 2.53 bits per heavy atom. The van der Waals surface area contributed by atoms with Gasteiger partial charge in [-0.05, 0) is 25.5 Å². The van der Waals surface area contributed by atoms with E-state index < -0.39 is 0 Å². The molecule has 2 heterocycles. The number of fused-ring (bicyclic) bond motifs is 5. The molecule has 1 aromatic carbocycles. The third-order valence-electron chi connectivity index (χ3n) is 3.65. The maximum atomic E-state index is 5.48. The number of halogens is 1. The number of hydrogen-bond donors (Lipinski definition) is 0. The first kappa shape index (κ1) is 12.5. The average Bonchev–Trinajstić information content (AvgIpc) is 2.84. The minimum atomic E-state index is 0. The molecule has 0 N–H and O–H groups in total. The van der Waals surface area contributed by atoms with Crippen LogP contribution in [0.3, 0.4) is 0 Å². The van der Waals surface area contributed by atoms with Gasteiger partial charge in [0, 0.05) is 11.6 Å². The monoisotopic (exact) mass is 251 g/mol. The largest absolute Gasteiger partial charge is 0.496 e. The van der Waals surface area contributed by atoms with Crippen LogP contribution in [0.15, 0.2) is 30.4 Å². The quantitative estimate of drug-likeness (QED) is 0.746.